The number of hydrogen-bond donors (Lipinski definition) is 1. The van der Waals surface area contributed by atoms with Crippen LogP contribution in [0.2, 0.25) is 0 Å². The summed E-state index contributed by atoms with van der Waals surface area (Å²) in [5, 5.41) is 0. The molecule has 0 heterocycles. The van der Waals surface area contributed by atoms with Gasteiger partial charge < -0.3 is 10.5 Å². The molecule has 2 aromatic carbocycles. The van der Waals surface area contributed by atoms with Crippen molar-refractivity contribution in [3.8, 4) is 5.75 Å². The van der Waals surface area contributed by atoms with Gasteiger partial charge in [0.25, 0.3) is 0 Å². The molecule has 2 heteroatoms. The van der Waals surface area contributed by atoms with Crippen molar-refractivity contribution in [2.24, 2.45) is 5.73 Å². The molecule has 0 aliphatic carbocycles. The number of benzene rings is 2. The highest BCUT2D eigenvalue weighted by atomic mass is 16.5. The van der Waals surface area contributed by atoms with Crippen molar-refractivity contribution in [2.45, 2.75) is 39.7 Å². The first kappa shape index (κ1) is 15.6. The summed E-state index contributed by atoms with van der Waals surface area (Å²) in [6, 6.07) is 14.8. The van der Waals surface area contributed by atoms with Crippen molar-refractivity contribution in [1.82, 2.24) is 0 Å². The maximum absolute atomic E-state index is 6.20. The van der Waals surface area contributed by atoms with E-state index in [2.05, 4.69) is 64.1 Å². The quantitative estimate of drug-likeness (QED) is 0.876. The molecule has 0 aliphatic rings. The van der Waals surface area contributed by atoms with Gasteiger partial charge in [-0.15, -0.1) is 0 Å². The van der Waals surface area contributed by atoms with E-state index in [-0.39, 0.29) is 6.10 Å². The Balaban J connectivity index is 2.28. The van der Waals surface area contributed by atoms with E-state index < -0.39 is 0 Å². The van der Waals surface area contributed by atoms with Gasteiger partial charge in [0.1, 0.15) is 11.9 Å². The van der Waals surface area contributed by atoms with Crippen LogP contribution in [-0.4, -0.2) is 6.54 Å². The Morgan fingerprint density at radius 3 is 2.38 bits per heavy atom. The summed E-state index contributed by atoms with van der Waals surface area (Å²) in [4.78, 5) is 0. The minimum absolute atomic E-state index is 0.106. The zero-order valence-electron chi connectivity index (χ0n) is 13.4. The van der Waals surface area contributed by atoms with Crippen LogP contribution in [0.1, 0.15) is 48.1 Å². The van der Waals surface area contributed by atoms with Crippen LogP contribution in [0.5, 0.6) is 5.75 Å². The molecule has 0 spiro atoms. The zero-order chi connectivity index (χ0) is 15.4. The molecule has 0 bridgehead atoms. The van der Waals surface area contributed by atoms with Crippen molar-refractivity contribution in [3.63, 3.8) is 0 Å². The van der Waals surface area contributed by atoms with E-state index >= 15 is 0 Å². The van der Waals surface area contributed by atoms with Crippen LogP contribution >= 0.6 is 0 Å². The van der Waals surface area contributed by atoms with Gasteiger partial charge in [0, 0.05) is 6.54 Å². The maximum atomic E-state index is 6.20. The predicted octanol–water partition coefficient (Wildman–Crippen LogP) is 4.51. The Kier molecular flexibility index (Phi) is 5.03. The van der Waals surface area contributed by atoms with Gasteiger partial charge in [0.2, 0.25) is 0 Å². The molecule has 1 unspecified atom stereocenters. The summed E-state index contributed by atoms with van der Waals surface area (Å²) < 4.78 is 6.20. The van der Waals surface area contributed by atoms with Crippen molar-refractivity contribution >= 4 is 0 Å². The molecular weight excluding hydrogens is 258 g/mol. The summed E-state index contributed by atoms with van der Waals surface area (Å²) in [6.45, 7) is 9.00. The van der Waals surface area contributed by atoms with Crippen molar-refractivity contribution in [1.29, 1.82) is 0 Å². The number of aryl methyl sites for hydroxylation is 2. The van der Waals surface area contributed by atoms with Crippen LogP contribution < -0.4 is 10.5 Å². The number of rotatable bonds is 5. The molecule has 2 aromatic rings. The monoisotopic (exact) mass is 283 g/mol. The third-order valence-electron chi connectivity index (χ3n) is 3.78. The average Bonchev–Trinajstić information content (AvgIpc) is 2.46. The SMILES string of the molecule is Cc1cccc(C(CN)Oc2cc(C(C)C)ccc2C)c1. The second-order valence-electron chi connectivity index (χ2n) is 5.94. The average molecular weight is 283 g/mol. The predicted molar refractivity (Wildman–Crippen MR) is 88.9 cm³/mol. The minimum atomic E-state index is -0.106. The Bertz CT molecular complexity index is 604. The van der Waals surface area contributed by atoms with Crippen molar-refractivity contribution < 1.29 is 4.74 Å². The third-order valence-corrected chi connectivity index (χ3v) is 3.78. The van der Waals surface area contributed by atoms with Crippen molar-refractivity contribution in [2.75, 3.05) is 6.54 Å². The molecule has 2 rings (SSSR count). The molecule has 0 aliphatic heterocycles. The summed E-state index contributed by atoms with van der Waals surface area (Å²) in [7, 11) is 0. The first-order chi connectivity index (χ1) is 10.0. The van der Waals surface area contributed by atoms with E-state index in [9.17, 15) is 0 Å². The molecule has 0 radical (unpaired) electrons. The molecule has 0 aromatic heterocycles. The Morgan fingerprint density at radius 1 is 1.00 bits per heavy atom. The van der Waals surface area contributed by atoms with E-state index in [0.29, 0.717) is 12.5 Å². The largest absolute Gasteiger partial charge is 0.484 e. The number of ether oxygens (including phenoxy) is 1. The zero-order valence-corrected chi connectivity index (χ0v) is 13.4. The molecule has 2 nitrogen and oxygen atoms in total. The molecule has 1 atom stereocenters. The van der Waals surface area contributed by atoms with Gasteiger partial charge in [0.15, 0.2) is 0 Å². The third kappa shape index (κ3) is 3.85. The van der Waals surface area contributed by atoms with Gasteiger partial charge in [-0.05, 0) is 42.5 Å². The maximum Gasteiger partial charge on any atom is 0.136 e. The molecule has 0 saturated heterocycles. The molecule has 112 valence electrons. The normalized spacial score (nSPS) is 12.5. The second-order valence-corrected chi connectivity index (χ2v) is 5.94. The summed E-state index contributed by atoms with van der Waals surface area (Å²) in [5.41, 5.74) is 10.7. The highest BCUT2D eigenvalue weighted by Gasteiger charge is 2.14. The number of hydrogen-bond acceptors (Lipinski definition) is 2. The Morgan fingerprint density at radius 2 is 1.76 bits per heavy atom. The first-order valence-electron chi connectivity index (χ1n) is 7.55. The van der Waals surface area contributed by atoms with Crippen molar-refractivity contribution in [3.05, 3.63) is 64.7 Å². The fourth-order valence-corrected chi connectivity index (χ4v) is 2.38. The van der Waals surface area contributed by atoms with Gasteiger partial charge in [0.05, 0.1) is 0 Å². The number of nitrogens with two attached hydrogens (primary N) is 1. The lowest BCUT2D eigenvalue weighted by Crippen LogP contribution is -2.19. The molecule has 2 N–H and O–H groups in total. The minimum Gasteiger partial charge on any atom is -0.484 e. The van der Waals surface area contributed by atoms with E-state index in [1.165, 1.54) is 11.1 Å². The van der Waals surface area contributed by atoms with Gasteiger partial charge in [-0.1, -0.05) is 55.8 Å². The van der Waals surface area contributed by atoms with Crippen LogP contribution in [-0.2, 0) is 0 Å². The molecule has 0 amide bonds. The highest BCUT2D eigenvalue weighted by molar-refractivity contribution is 5.38. The van der Waals surface area contributed by atoms with E-state index in [1.54, 1.807) is 0 Å². The molecule has 0 fully saturated rings. The smallest absolute Gasteiger partial charge is 0.136 e. The highest BCUT2D eigenvalue weighted by Crippen LogP contribution is 2.28. The topological polar surface area (TPSA) is 35.2 Å². The molecular formula is C19H25NO. The van der Waals surface area contributed by atoms with Gasteiger partial charge >= 0.3 is 0 Å². The van der Waals surface area contributed by atoms with Gasteiger partial charge in [-0.3, -0.25) is 0 Å². The fraction of sp³-hybridized carbons (Fsp3) is 0.368. The van der Waals surface area contributed by atoms with E-state index in [0.717, 1.165) is 16.9 Å². The van der Waals surface area contributed by atoms with Crippen LogP contribution in [0.15, 0.2) is 42.5 Å². The van der Waals surface area contributed by atoms with Crippen LogP contribution in [0.25, 0.3) is 0 Å². The van der Waals surface area contributed by atoms with E-state index in [1.807, 2.05) is 6.07 Å². The standard InChI is InChI=1S/C19H25NO/c1-13(2)16-9-8-15(4)18(11-16)21-19(12-20)17-7-5-6-14(3)10-17/h5-11,13,19H,12,20H2,1-4H3. The van der Waals surface area contributed by atoms with Crippen LogP contribution in [0.3, 0.4) is 0 Å². The summed E-state index contributed by atoms with van der Waals surface area (Å²) in [6.07, 6.45) is -0.106. The van der Waals surface area contributed by atoms with Crippen LogP contribution in [0, 0.1) is 13.8 Å². The lowest BCUT2D eigenvalue weighted by Gasteiger charge is -2.21. The molecule has 0 saturated carbocycles. The molecule has 21 heavy (non-hydrogen) atoms. The lowest BCUT2D eigenvalue weighted by atomic mass is 10.0. The van der Waals surface area contributed by atoms with Gasteiger partial charge in [-0.2, -0.15) is 0 Å². The summed E-state index contributed by atoms with van der Waals surface area (Å²) >= 11 is 0. The Labute approximate surface area is 127 Å². The fourth-order valence-electron chi connectivity index (χ4n) is 2.38. The van der Waals surface area contributed by atoms with E-state index in [4.69, 9.17) is 10.5 Å². The first-order valence-corrected chi connectivity index (χ1v) is 7.55. The van der Waals surface area contributed by atoms with Crippen LogP contribution in [0.4, 0.5) is 0 Å². The Hall–Kier alpha value is -1.80. The second kappa shape index (κ2) is 6.77. The lowest BCUT2D eigenvalue weighted by molar-refractivity contribution is 0.212. The summed E-state index contributed by atoms with van der Waals surface area (Å²) in [5.74, 6) is 1.42. The van der Waals surface area contributed by atoms with Gasteiger partial charge in [-0.25, -0.2) is 0 Å².